The quantitative estimate of drug-likeness (QED) is 0.141. The van der Waals surface area contributed by atoms with E-state index in [0.717, 1.165) is 11.1 Å². The van der Waals surface area contributed by atoms with Crippen LogP contribution in [0.4, 0.5) is 5.69 Å². The molecular weight excluding hydrogens is 482 g/mol. The minimum atomic E-state index is -0.553. The van der Waals surface area contributed by atoms with E-state index in [4.69, 9.17) is 14.2 Å². The van der Waals surface area contributed by atoms with Gasteiger partial charge in [0.05, 0.1) is 25.6 Å². The third kappa shape index (κ3) is 8.23. The molecule has 198 valence electrons. The van der Waals surface area contributed by atoms with Crippen LogP contribution >= 0.6 is 0 Å². The Bertz CT molecular complexity index is 1290. The second-order valence-electron chi connectivity index (χ2n) is 8.43. The van der Waals surface area contributed by atoms with Crippen molar-refractivity contribution in [3.8, 4) is 17.2 Å². The molecule has 3 rings (SSSR count). The Balaban J connectivity index is 1.67. The summed E-state index contributed by atoms with van der Waals surface area (Å²) in [5, 5.41) is 6.68. The van der Waals surface area contributed by atoms with E-state index >= 15 is 0 Å². The molecule has 2 amide bonds. The van der Waals surface area contributed by atoms with Crippen molar-refractivity contribution in [1.82, 2.24) is 5.43 Å². The Hall–Kier alpha value is -4.59. The van der Waals surface area contributed by atoms with Gasteiger partial charge in [0, 0.05) is 5.56 Å². The summed E-state index contributed by atoms with van der Waals surface area (Å²) in [6, 6.07) is 18.8. The third-order valence-corrected chi connectivity index (χ3v) is 5.43. The number of allylic oxidation sites excluding steroid dienone is 1. The molecule has 0 saturated heterocycles. The van der Waals surface area contributed by atoms with Gasteiger partial charge in [-0.2, -0.15) is 5.10 Å². The van der Waals surface area contributed by atoms with E-state index in [1.165, 1.54) is 18.9 Å². The van der Waals surface area contributed by atoms with Crippen LogP contribution in [0, 0.1) is 6.92 Å². The fourth-order valence-corrected chi connectivity index (χ4v) is 3.64. The summed E-state index contributed by atoms with van der Waals surface area (Å²) in [5.41, 5.74) is 6.69. The molecule has 0 fully saturated rings. The minimum Gasteiger partial charge on any atom is -0.495 e. The van der Waals surface area contributed by atoms with E-state index in [0.29, 0.717) is 48.1 Å². The summed E-state index contributed by atoms with van der Waals surface area (Å²) >= 11 is 0. The largest absolute Gasteiger partial charge is 0.495 e. The number of carbonyl (C=O) groups excluding carboxylic acids is 2. The predicted molar refractivity (Wildman–Crippen MR) is 149 cm³/mol. The summed E-state index contributed by atoms with van der Waals surface area (Å²) in [4.78, 5) is 24.5. The van der Waals surface area contributed by atoms with Crippen LogP contribution in [0.15, 0.2) is 78.4 Å². The van der Waals surface area contributed by atoms with Gasteiger partial charge in [0.1, 0.15) is 18.8 Å². The number of nitrogens with one attached hydrogen (secondary N) is 2. The average Bonchev–Trinajstić information content (AvgIpc) is 2.90. The van der Waals surface area contributed by atoms with Crippen LogP contribution < -0.4 is 25.0 Å². The van der Waals surface area contributed by atoms with E-state index < -0.39 is 18.2 Å². The lowest BCUT2D eigenvalue weighted by atomic mass is 10.1. The van der Waals surface area contributed by atoms with Gasteiger partial charge in [0.15, 0.2) is 11.5 Å². The molecule has 0 aliphatic rings. The van der Waals surface area contributed by atoms with Crippen LogP contribution in [0.1, 0.15) is 35.6 Å². The zero-order valence-corrected chi connectivity index (χ0v) is 22.0. The number of ether oxygens (including phenoxy) is 3. The summed E-state index contributed by atoms with van der Waals surface area (Å²) in [7, 11) is 1.51. The molecule has 0 spiro atoms. The van der Waals surface area contributed by atoms with Crippen molar-refractivity contribution in [2.75, 3.05) is 19.0 Å². The Kier molecular flexibility index (Phi) is 10.5. The number of methoxy groups -OCH3 is 1. The van der Waals surface area contributed by atoms with Gasteiger partial charge in [-0.15, -0.1) is 6.58 Å². The Morgan fingerprint density at radius 1 is 1.00 bits per heavy atom. The van der Waals surface area contributed by atoms with Crippen LogP contribution in [0.2, 0.25) is 0 Å². The Morgan fingerprint density at radius 2 is 1.76 bits per heavy atom. The number of para-hydroxylation sites is 2. The SMILES string of the molecule is C=CCc1cc(C=NNC(=O)CC(=O)Nc2ccccc2OC)cc(OCC)c1OCc1ccc(C)cc1. The van der Waals surface area contributed by atoms with Crippen molar-refractivity contribution in [3.05, 3.63) is 95.6 Å². The van der Waals surface area contributed by atoms with Crippen molar-refractivity contribution in [3.63, 3.8) is 0 Å². The highest BCUT2D eigenvalue weighted by molar-refractivity contribution is 6.04. The number of nitrogens with zero attached hydrogens (tertiary/aromatic N) is 1. The molecule has 0 atom stereocenters. The fourth-order valence-electron chi connectivity index (χ4n) is 3.64. The van der Waals surface area contributed by atoms with Gasteiger partial charge < -0.3 is 19.5 Å². The number of carbonyl (C=O) groups is 2. The molecule has 3 aromatic rings. The van der Waals surface area contributed by atoms with Gasteiger partial charge in [-0.3, -0.25) is 9.59 Å². The standard InChI is InChI=1S/C30H33N3O5/c1-5-9-24-16-23(17-27(37-6-2)30(24)38-20-22-14-12-21(3)13-15-22)19-31-33-29(35)18-28(34)32-25-10-7-8-11-26(25)36-4/h5,7-8,10-17,19H,1,6,9,18,20H2,2-4H3,(H,32,34)(H,33,35). The van der Waals surface area contributed by atoms with E-state index in [1.807, 2.05) is 44.2 Å². The lowest BCUT2D eigenvalue weighted by Gasteiger charge is -2.17. The van der Waals surface area contributed by atoms with E-state index in [1.54, 1.807) is 36.4 Å². The molecule has 8 nitrogen and oxygen atoms in total. The smallest absolute Gasteiger partial charge is 0.249 e. The number of aryl methyl sites for hydroxylation is 1. The lowest BCUT2D eigenvalue weighted by Crippen LogP contribution is -2.24. The van der Waals surface area contributed by atoms with Crippen LogP contribution in [-0.2, 0) is 22.6 Å². The van der Waals surface area contributed by atoms with Gasteiger partial charge in [0.25, 0.3) is 0 Å². The fraction of sp³-hybridized carbons (Fsp3) is 0.233. The van der Waals surface area contributed by atoms with Crippen molar-refractivity contribution in [2.24, 2.45) is 5.10 Å². The molecule has 0 aromatic heterocycles. The summed E-state index contributed by atoms with van der Waals surface area (Å²) in [6.45, 7) is 8.63. The van der Waals surface area contributed by atoms with Crippen LogP contribution in [0.3, 0.4) is 0 Å². The maximum atomic E-state index is 12.3. The van der Waals surface area contributed by atoms with E-state index in [2.05, 4.69) is 22.4 Å². The molecule has 3 aromatic carbocycles. The molecule has 0 bridgehead atoms. The monoisotopic (exact) mass is 515 g/mol. The number of hydrazone groups is 1. The molecule has 0 aliphatic heterocycles. The van der Waals surface area contributed by atoms with Crippen molar-refractivity contribution < 1.29 is 23.8 Å². The highest BCUT2D eigenvalue weighted by Crippen LogP contribution is 2.34. The van der Waals surface area contributed by atoms with Crippen molar-refractivity contribution >= 4 is 23.7 Å². The normalized spacial score (nSPS) is 10.6. The first-order chi connectivity index (χ1) is 18.4. The maximum Gasteiger partial charge on any atom is 0.249 e. The highest BCUT2D eigenvalue weighted by atomic mass is 16.5. The van der Waals surface area contributed by atoms with Crippen molar-refractivity contribution in [2.45, 2.75) is 33.3 Å². The second kappa shape index (κ2) is 14.2. The lowest BCUT2D eigenvalue weighted by molar-refractivity contribution is -0.126. The zero-order chi connectivity index (χ0) is 27.3. The Morgan fingerprint density at radius 3 is 2.47 bits per heavy atom. The van der Waals surface area contributed by atoms with Crippen LogP contribution in [0.25, 0.3) is 0 Å². The molecule has 0 unspecified atom stereocenters. The molecule has 0 radical (unpaired) electrons. The Labute approximate surface area is 223 Å². The van der Waals surface area contributed by atoms with Crippen LogP contribution in [-0.4, -0.2) is 31.7 Å². The topological polar surface area (TPSA) is 98.3 Å². The number of anilines is 1. The molecule has 38 heavy (non-hydrogen) atoms. The summed E-state index contributed by atoms with van der Waals surface area (Å²) in [5.74, 6) is 0.683. The molecule has 0 heterocycles. The first-order valence-electron chi connectivity index (χ1n) is 12.3. The predicted octanol–water partition coefficient (Wildman–Crippen LogP) is 5.19. The zero-order valence-electron chi connectivity index (χ0n) is 22.0. The number of hydrogen-bond donors (Lipinski definition) is 2. The molecular formula is C30H33N3O5. The van der Waals surface area contributed by atoms with Gasteiger partial charge >= 0.3 is 0 Å². The number of benzene rings is 3. The average molecular weight is 516 g/mol. The number of amides is 2. The first-order valence-corrected chi connectivity index (χ1v) is 12.3. The van der Waals surface area contributed by atoms with Gasteiger partial charge in [-0.1, -0.05) is 48.0 Å². The van der Waals surface area contributed by atoms with Crippen LogP contribution in [0.5, 0.6) is 17.2 Å². The summed E-state index contributed by atoms with van der Waals surface area (Å²) in [6.07, 6.45) is 3.44. The van der Waals surface area contributed by atoms with E-state index in [-0.39, 0.29) is 0 Å². The molecule has 2 N–H and O–H groups in total. The van der Waals surface area contributed by atoms with Gasteiger partial charge in [-0.05, 0) is 55.7 Å². The van der Waals surface area contributed by atoms with Gasteiger partial charge in [-0.25, -0.2) is 5.43 Å². The molecule has 0 aliphatic carbocycles. The molecule has 8 heteroatoms. The number of rotatable bonds is 13. The highest BCUT2D eigenvalue weighted by Gasteiger charge is 2.14. The number of hydrogen-bond acceptors (Lipinski definition) is 6. The van der Waals surface area contributed by atoms with Crippen molar-refractivity contribution in [1.29, 1.82) is 0 Å². The maximum absolute atomic E-state index is 12.3. The molecule has 0 saturated carbocycles. The first kappa shape index (κ1) is 28.0. The summed E-state index contributed by atoms with van der Waals surface area (Å²) < 4.78 is 17.2. The third-order valence-electron chi connectivity index (χ3n) is 5.43. The second-order valence-corrected chi connectivity index (χ2v) is 8.43. The minimum absolute atomic E-state index is 0.394. The van der Waals surface area contributed by atoms with E-state index in [9.17, 15) is 9.59 Å². The van der Waals surface area contributed by atoms with Gasteiger partial charge in [0.2, 0.25) is 11.8 Å².